The lowest BCUT2D eigenvalue weighted by Crippen LogP contribution is -2.36. The summed E-state index contributed by atoms with van der Waals surface area (Å²) < 4.78 is 5.26. The van der Waals surface area contributed by atoms with Crippen LogP contribution in [-0.2, 0) is 4.74 Å². The highest BCUT2D eigenvalue weighted by molar-refractivity contribution is 5.69. The van der Waals surface area contributed by atoms with E-state index in [1.54, 1.807) is 4.90 Å². The van der Waals surface area contributed by atoms with Crippen LogP contribution in [0.1, 0.15) is 20.8 Å². The van der Waals surface area contributed by atoms with Crippen molar-refractivity contribution in [2.45, 2.75) is 26.4 Å². The van der Waals surface area contributed by atoms with Gasteiger partial charge in [0.1, 0.15) is 5.60 Å². The summed E-state index contributed by atoms with van der Waals surface area (Å²) in [6.45, 7) is 6.97. The molecular weight excluding hydrogens is 192 g/mol. The van der Waals surface area contributed by atoms with Crippen LogP contribution in [-0.4, -0.2) is 29.7 Å². The number of amides is 1. The Bertz CT molecular complexity index is 314. The predicted octanol–water partition coefficient (Wildman–Crippen LogP) is 1.62. The number of nitriles is 1. The van der Waals surface area contributed by atoms with Crippen LogP contribution < -0.4 is 0 Å². The van der Waals surface area contributed by atoms with Crippen LogP contribution in [0.3, 0.4) is 0 Å². The van der Waals surface area contributed by atoms with Gasteiger partial charge in [-0.1, -0.05) is 0 Å². The molecule has 1 saturated carbocycles. The minimum absolute atomic E-state index is 0.184. The van der Waals surface area contributed by atoms with E-state index in [4.69, 9.17) is 10.00 Å². The second kappa shape index (κ2) is 3.13. The molecule has 0 N–H and O–H groups in total. The standard InChI is InChI=1S/C11H16N2O2/c1-11(2,3)15-10(14)13-5-8-7(4-12)9(8)6-13/h7-9H,5-6H2,1-3H3/t7?,8-,9+. The summed E-state index contributed by atoms with van der Waals surface area (Å²) in [4.78, 5) is 13.4. The molecule has 1 amide bonds. The first-order valence-electron chi connectivity index (χ1n) is 5.30. The topological polar surface area (TPSA) is 53.3 Å². The molecule has 0 aromatic rings. The minimum Gasteiger partial charge on any atom is -0.444 e. The molecule has 2 rings (SSSR count). The van der Waals surface area contributed by atoms with Crippen LogP contribution in [0.15, 0.2) is 0 Å². The zero-order valence-corrected chi connectivity index (χ0v) is 9.36. The van der Waals surface area contributed by atoms with Crippen molar-refractivity contribution < 1.29 is 9.53 Å². The molecule has 0 bridgehead atoms. The van der Waals surface area contributed by atoms with Gasteiger partial charge in [-0.3, -0.25) is 0 Å². The lowest BCUT2D eigenvalue weighted by Gasteiger charge is -2.25. The van der Waals surface area contributed by atoms with E-state index in [0.29, 0.717) is 24.9 Å². The van der Waals surface area contributed by atoms with Crippen LogP contribution in [0.25, 0.3) is 0 Å². The van der Waals surface area contributed by atoms with Crippen molar-refractivity contribution in [1.82, 2.24) is 4.90 Å². The molecular formula is C11H16N2O2. The highest BCUT2D eigenvalue weighted by Crippen LogP contribution is 2.51. The number of hydrogen-bond acceptors (Lipinski definition) is 3. The summed E-state index contributed by atoms with van der Waals surface area (Å²) in [6, 6.07) is 2.27. The molecule has 1 aliphatic heterocycles. The molecule has 1 saturated heterocycles. The summed E-state index contributed by atoms with van der Waals surface area (Å²) >= 11 is 0. The molecule has 0 aromatic carbocycles. The van der Waals surface area contributed by atoms with Gasteiger partial charge < -0.3 is 9.64 Å². The number of carbonyl (C=O) groups excluding carboxylic acids is 1. The number of fused-ring (bicyclic) bond motifs is 1. The molecule has 15 heavy (non-hydrogen) atoms. The molecule has 1 unspecified atom stereocenters. The van der Waals surface area contributed by atoms with E-state index in [-0.39, 0.29) is 12.0 Å². The fourth-order valence-corrected chi connectivity index (χ4v) is 2.19. The highest BCUT2D eigenvalue weighted by atomic mass is 16.6. The zero-order chi connectivity index (χ0) is 11.2. The van der Waals surface area contributed by atoms with Gasteiger partial charge in [-0.05, 0) is 32.6 Å². The first-order valence-corrected chi connectivity index (χ1v) is 5.30. The Morgan fingerprint density at radius 2 is 1.93 bits per heavy atom. The average molecular weight is 208 g/mol. The van der Waals surface area contributed by atoms with Crippen molar-refractivity contribution in [3.05, 3.63) is 0 Å². The second-order valence-corrected chi connectivity index (χ2v) is 5.37. The Kier molecular flexibility index (Phi) is 2.14. The van der Waals surface area contributed by atoms with Gasteiger partial charge in [0.25, 0.3) is 0 Å². The highest BCUT2D eigenvalue weighted by Gasteiger charge is 2.57. The van der Waals surface area contributed by atoms with Crippen molar-refractivity contribution >= 4 is 6.09 Å². The summed E-state index contributed by atoms with van der Waals surface area (Å²) in [5, 5.41) is 8.74. The van der Waals surface area contributed by atoms with Gasteiger partial charge in [0.15, 0.2) is 0 Å². The molecule has 0 aromatic heterocycles. The first-order chi connectivity index (χ1) is 6.92. The number of piperidine rings is 1. The molecule has 3 atom stereocenters. The van der Waals surface area contributed by atoms with E-state index in [1.807, 2.05) is 20.8 Å². The van der Waals surface area contributed by atoms with E-state index < -0.39 is 5.60 Å². The van der Waals surface area contributed by atoms with E-state index in [9.17, 15) is 4.79 Å². The number of likely N-dealkylation sites (tertiary alicyclic amines) is 1. The monoisotopic (exact) mass is 208 g/mol. The maximum Gasteiger partial charge on any atom is 0.410 e. The van der Waals surface area contributed by atoms with Crippen LogP contribution >= 0.6 is 0 Å². The van der Waals surface area contributed by atoms with Gasteiger partial charge in [-0.15, -0.1) is 0 Å². The summed E-state index contributed by atoms with van der Waals surface area (Å²) in [5.74, 6) is 0.994. The molecule has 1 heterocycles. The number of nitrogens with zero attached hydrogens (tertiary/aromatic N) is 2. The lowest BCUT2D eigenvalue weighted by molar-refractivity contribution is 0.0269. The average Bonchev–Trinajstić information content (AvgIpc) is 2.54. The van der Waals surface area contributed by atoms with Crippen LogP contribution in [0.2, 0.25) is 0 Å². The summed E-state index contributed by atoms with van der Waals surface area (Å²) in [5.41, 5.74) is -0.432. The molecule has 0 spiro atoms. The normalized spacial score (nSPS) is 33.2. The second-order valence-electron chi connectivity index (χ2n) is 5.37. The van der Waals surface area contributed by atoms with Gasteiger partial charge in [0, 0.05) is 13.1 Å². The third-order valence-corrected chi connectivity index (χ3v) is 2.99. The van der Waals surface area contributed by atoms with Crippen LogP contribution in [0.5, 0.6) is 0 Å². The van der Waals surface area contributed by atoms with Crippen molar-refractivity contribution in [3.63, 3.8) is 0 Å². The number of ether oxygens (including phenoxy) is 1. The number of hydrogen-bond donors (Lipinski definition) is 0. The zero-order valence-electron chi connectivity index (χ0n) is 9.36. The van der Waals surface area contributed by atoms with E-state index in [1.165, 1.54) is 0 Å². The molecule has 1 aliphatic carbocycles. The molecule has 2 fully saturated rings. The van der Waals surface area contributed by atoms with Crippen molar-refractivity contribution in [2.24, 2.45) is 17.8 Å². The number of rotatable bonds is 0. The fourth-order valence-electron chi connectivity index (χ4n) is 2.19. The number of carbonyl (C=O) groups is 1. The van der Waals surface area contributed by atoms with Crippen LogP contribution in [0, 0.1) is 29.1 Å². The SMILES string of the molecule is CC(C)(C)OC(=O)N1C[C@@H]2C(C#N)[C@@H]2C1. The summed E-state index contributed by atoms with van der Waals surface area (Å²) in [7, 11) is 0. The van der Waals surface area contributed by atoms with Gasteiger partial charge in [0.05, 0.1) is 12.0 Å². The minimum atomic E-state index is -0.432. The van der Waals surface area contributed by atoms with Crippen molar-refractivity contribution in [2.75, 3.05) is 13.1 Å². The first kappa shape index (κ1) is 10.3. The molecule has 0 radical (unpaired) electrons. The van der Waals surface area contributed by atoms with E-state index in [2.05, 4.69) is 6.07 Å². The Balaban J connectivity index is 1.85. The molecule has 2 aliphatic rings. The molecule has 4 heteroatoms. The van der Waals surface area contributed by atoms with Crippen molar-refractivity contribution in [1.29, 1.82) is 5.26 Å². The summed E-state index contributed by atoms with van der Waals surface area (Å²) in [6.07, 6.45) is -0.244. The lowest BCUT2D eigenvalue weighted by atomic mass is 10.2. The third-order valence-electron chi connectivity index (χ3n) is 2.99. The van der Waals surface area contributed by atoms with Gasteiger partial charge in [-0.2, -0.15) is 5.26 Å². The Labute approximate surface area is 89.8 Å². The van der Waals surface area contributed by atoms with Gasteiger partial charge in [0.2, 0.25) is 0 Å². The fraction of sp³-hybridized carbons (Fsp3) is 0.818. The van der Waals surface area contributed by atoms with Crippen molar-refractivity contribution in [3.8, 4) is 6.07 Å². The van der Waals surface area contributed by atoms with Gasteiger partial charge in [-0.25, -0.2) is 4.79 Å². The van der Waals surface area contributed by atoms with E-state index >= 15 is 0 Å². The maximum absolute atomic E-state index is 11.6. The molecule has 82 valence electrons. The predicted molar refractivity (Wildman–Crippen MR) is 53.9 cm³/mol. The van der Waals surface area contributed by atoms with E-state index in [0.717, 1.165) is 0 Å². The quantitative estimate of drug-likeness (QED) is 0.608. The largest absolute Gasteiger partial charge is 0.444 e. The Hall–Kier alpha value is -1.24. The van der Waals surface area contributed by atoms with Gasteiger partial charge >= 0.3 is 6.09 Å². The maximum atomic E-state index is 11.6. The Morgan fingerprint density at radius 1 is 1.40 bits per heavy atom. The van der Waals surface area contributed by atoms with Crippen LogP contribution in [0.4, 0.5) is 4.79 Å². The molecule has 4 nitrogen and oxygen atoms in total. The Morgan fingerprint density at radius 3 is 2.33 bits per heavy atom. The smallest absolute Gasteiger partial charge is 0.410 e. The third kappa shape index (κ3) is 1.92.